The van der Waals surface area contributed by atoms with E-state index < -0.39 is 10.5 Å². The third kappa shape index (κ3) is 6.29. The zero-order valence-electron chi connectivity index (χ0n) is 12.0. The van der Waals surface area contributed by atoms with E-state index in [1.54, 1.807) is 6.07 Å². The van der Waals surface area contributed by atoms with Crippen LogP contribution in [0.3, 0.4) is 0 Å². The zero-order valence-corrected chi connectivity index (χ0v) is 12.0. The average Bonchev–Trinajstić information content (AvgIpc) is 2.33. The second kappa shape index (κ2) is 7.00. The molecule has 0 atom stereocenters. The standard InChI is InChI=1S/C14H20N2O4/c1-14(2,3)20-13(17)10-15-8-7-11-5-4-6-12(9-11)16(18)19/h4-6,9,15H,7-8,10H2,1-3H3. The molecular weight excluding hydrogens is 260 g/mol. The summed E-state index contributed by atoms with van der Waals surface area (Å²) in [5, 5.41) is 13.6. The van der Waals surface area contributed by atoms with Gasteiger partial charge in [0.2, 0.25) is 0 Å². The number of carbonyl (C=O) groups excluding carboxylic acids is 1. The number of nitrogens with one attached hydrogen (secondary N) is 1. The van der Waals surface area contributed by atoms with E-state index in [2.05, 4.69) is 5.32 Å². The van der Waals surface area contributed by atoms with Gasteiger partial charge in [-0.05, 0) is 39.3 Å². The highest BCUT2D eigenvalue weighted by Crippen LogP contribution is 2.13. The predicted molar refractivity (Wildman–Crippen MR) is 75.5 cm³/mol. The maximum atomic E-state index is 11.4. The van der Waals surface area contributed by atoms with Crippen LogP contribution in [0.4, 0.5) is 5.69 Å². The molecule has 6 nitrogen and oxygen atoms in total. The van der Waals surface area contributed by atoms with Crippen molar-refractivity contribution in [2.75, 3.05) is 13.1 Å². The lowest BCUT2D eigenvalue weighted by Gasteiger charge is -2.19. The van der Waals surface area contributed by atoms with Gasteiger partial charge in [0.15, 0.2) is 0 Å². The fourth-order valence-corrected chi connectivity index (χ4v) is 1.63. The average molecular weight is 280 g/mol. The maximum Gasteiger partial charge on any atom is 0.320 e. The normalized spacial score (nSPS) is 11.2. The molecule has 1 N–H and O–H groups in total. The third-order valence-corrected chi connectivity index (χ3v) is 2.40. The smallest absolute Gasteiger partial charge is 0.320 e. The van der Waals surface area contributed by atoms with Gasteiger partial charge in [0.1, 0.15) is 5.60 Å². The van der Waals surface area contributed by atoms with Crippen molar-refractivity contribution in [1.29, 1.82) is 0 Å². The summed E-state index contributed by atoms with van der Waals surface area (Å²) in [5.74, 6) is -0.309. The lowest BCUT2D eigenvalue weighted by atomic mass is 10.1. The molecule has 0 heterocycles. The quantitative estimate of drug-likeness (QED) is 0.373. The Morgan fingerprint density at radius 3 is 2.70 bits per heavy atom. The lowest BCUT2D eigenvalue weighted by molar-refractivity contribution is -0.384. The lowest BCUT2D eigenvalue weighted by Crippen LogP contribution is -2.32. The SMILES string of the molecule is CC(C)(C)OC(=O)CNCCc1cccc([N+](=O)[O-])c1. The van der Waals surface area contributed by atoms with E-state index in [1.165, 1.54) is 12.1 Å². The summed E-state index contributed by atoms with van der Waals surface area (Å²) < 4.78 is 5.15. The molecule has 0 saturated carbocycles. The van der Waals surface area contributed by atoms with E-state index in [4.69, 9.17) is 4.74 Å². The number of non-ortho nitro benzene ring substituents is 1. The minimum Gasteiger partial charge on any atom is -0.459 e. The first kappa shape index (κ1) is 16.1. The van der Waals surface area contributed by atoms with Crippen LogP contribution in [0.25, 0.3) is 0 Å². The van der Waals surface area contributed by atoms with Gasteiger partial charge in [-0.15, -0.1) is 0 Å². The van der Waals surface area contributed by atoms with Gasteiger partial charge in [0.05, 0.1) is 11.5 Å². The number of benzene rings is 1. The van der Waals surface area contributed by atoms with Crippen molar-refractivity contribution in [1.82, 2.24) is 5.32 Å². The maximum absolute atomic E-state index is 11.4. The van der Waals surface area contributed by atoms with Crippen molar-refractivity contribution >= 4 is 11.7 Å². The Morgan fingerprint density at radius 1 is 1.40 bits per heavy atom. The Balaban J connectivity index is 2.33. The Hall–Kier alpha value is -1.95. The molecule has 0 radical (unpaired) electrons. The van der Waals surface area contributed by atoms with Gasteiger partial charge < -0.3 is 10.1 Å². The number of nitro groups is 1. The molecule has 0 unspecified atom stereocenters. The summed E-state index contributed by atoms with van der Waals surface area (Å²) >= 11 is 0. The molecule has 0 bridgehead atoms. The highest BCUT2D eigenvalue weighted by Gasteiger charge is 2.15. The number of rotatable bonds is 6. The van der Waals surface area contributed by atoms with E-state index >= 15 is 0 Å². The van der Waals surface area contributed by atoms with Gasteiger partial charge in [0.25, 0.3) is 5.69 Å². The molecule has 0 aliphatic rings. The second-order valence-corrected chi connectivity index (χ2v) is 5.44. The van der Waals surface area contributed by atoms with Crippen molar-refractivity contribution in [2.24, 2.45) is 0 Å². The summed E-state index contributed by atoms with van der Waals surface area (Å²) in [6, 6.07) is 6.47. The van der Waals surface area contributed by atoms with Crippen LogP contribution in [0.1, 0.15) is 26.3 Å². The summed E-state index contributed by atoms with van der Waals surface area (Å²) in [7, 11) is 0. The molecule has 1 aromatic carbocycles. The van der Waals surface area contributed by atoms with Crippen LogP contribution in [0.5, 0.6) is 0 Å². The van der Waals surface area contributed by atoms with Crippen LogP contribution < -0.4 is 5.32 Å². The van der Waals surface area contributed by atoms with Crippen LogP contribution >= 0.6 is 0 Å². The van der Waals surface area contributed by atoms with Gasteiger partial charge in [0, 0.05) is 12.1 Å². The molecular formula is C14H20N2O4. The minimum atomic E-state index is -0.487. The zero-order chi connectivity index (χ0) is 15.2. The van der Waals surface area contributed by atoms with Crippen molar-refractivity contribution in [3.05, 3.63) is 39.9 Å². The van der Waals surface area contributed by atoms with Crippen LogP contribution in [-0.2, 0) is 16.0 Å². The molecule has 1 rings (SSSR count). The number of hydrogen-bond donors (Lipinski definition) is 1. The summed E-state index contributed by atoms with van der Waals surface area (Å²) in [6.45, 7) is 6.13. The topological polar surface area (TPSA) is 81.5 Å². The van der Waals surface area contributed by atoms with Crippen molar-refractivity contribution < 1.29 is 14.5 Å². The molecule has 0 aromatic heterocycles. The first-order valence-electron chi connectivity index (χ1n) is 6.44. The molecule has 0 spiro atoms. The van der Waals surface area contributed by atoms with E-state index in [0.29, 0.717) is 13.0 Å². The number of nitro benzene ring substituents is 1. The number of esters is 1. The van der Waals surface area contributed by atoms with Gasteiger partial charge in [-0.25, -0.2) is 0 Å². The van der Waals surface area contributed by atoms with E-state index in [1.807, 2.05) is 26.8 Å². The van der Waals surface area contributed by atoms with Crippen molar-refractivity contribution in [3.8, 4) is 0 Å². The fraction of sp³-hybridized carbons (Fsp3) is 0.500. The van der Waals surface area contributed by atoms with E-state index in [-0.39, 0.29) is 18.2 Å². The molecule has 20 heavy (non-hydrogen) atoms. The van der Waals surface area contributed by atoms with Crippen LogP contribution in [-0.4, -0.2) is 29.6 Å². The minimum absolute atomic E-state index is 0.0784. The molecule has 110 valence electrons. The van der Waals surface area contributed by atoms with E-state index in [9.17, 15) is 14.9 Å². The largest absolute Gasteiger partial charge is 0.459 e. The fourth-order valence-electron chi connectivity index (χ4n) is 1.63. The van der Waals surface area contributed by atoms with Crippen LogP contribution in [0.15, 0.2) is 24.3 Å². The monoisotopic (exact) mass is 280 g/mol. The molecule has 1 aromatic rings. The highest BCUT2D eigenvalue weighted by atomic mass is 16.6. The van der Waals surface area contributed by atoms with Gasteiger partial charge >= 0.3 is 5.97 Å². The first-order valence-corrected chi connectivity index (χ1v) is 6.44. The Morgan fingerprint density at radius 2 is 2.10 bits per heavy atom. The summed E-state index contributed by atoms with van der Waals surface area (Å²) in [5.41, 5.74) is 0.448. The number of ether oxygens (including phenoxy) is 1. The Kier molecular flexibility index (Phi) is 5.64. The van der Waals surface area contributed by atoms with Crippen molar-refractivity contribution in [3.63, 3.8) is 0 Å². The third-order valence-electron chi connectivity index (χ3n) is 2.40. The molecule has 0 fully saturated rings. The van der Waals surface area contributed by atoms with E-state index in [0.717, 1.165) is 5.56 Å². The Bertz CT molecular complexity index is 480. The van der Waals surface area contributed by atoms with Gasteiger partial charge in [-0.1, -0.05) is 12.1 Å². The summed E-state index contributed by atoms with van der Waals surface area (Å²) in [4.78, 5) is 21.7. The first-order chi connectivity index (χ1) is 9.28. The Labute approximate surface area is 118 Å². The number of hydrogen-bond acceptors (Lipinski definition) is 5. The molecule has 0 aliphatic heterocycles. The van der Waals surface area contributed by atoms with Crippen LogP contribution in [0, 0.1) is 10.1 Å². The predicted octanol–water partition coefficient (Wildman–Crippen LogP) is 2.07. The molecule has 0 amide bonds. The molecule has 0 saturated heterocycles. The second-order valence-electron chi connectivity index (χ2n) is 5.44. The number of nitrogens with zero attached hydrogens (tertiary/aromatic N) is 1. The van der Waals surface area contributed by atoms with Gasteiger partial charge in [-0.2, -0.15) is 0 Å². The van der Waals surface area contributed by atoms with Crippen molar-refractivity contribution in [2.45, 2.75) is 32.8 Å². The number of carbonyl (C=O) groups is 1. The highest BCUT2D eigenvalue weighted by molar-refractivity contribution is 5.72. The molecule has 0 aliphatic carbocycles. The van der Waals surface area contributed by atoms with Gasteiger partial charge in [-0.3, -0.25) is 14.9 Å². The molecule has 6 heteroatoms. The summed E-state index contributed by atoms with van der Waals surface area (Å²) in [6.07, 6.45) is 0.616. The van der Waals surface area contributed by atoms with Crippen LogP contribution in [0.2, 0.25) is 0 Å².